The molecule has 0 radical (unpaired) electrons. The number of nitrogens with one attached hydrogen (secondary N) is 1. The molecule has 5 rings (SSSR count). The molecule has 0 amide bonds. The van der Waals surface area contributed by atoms with Gasteiger partial charge in [-0.3, -0.25) is 18.5 Å². The van der Waals surface area contributed by atoms with Gasteiger partial charge in [0.1, 0.15) is 23.7 Å². The van der Waals surface area contributed by atoms with Gasteiger partial charge in [-0.15, -0.1) is 11.8 Å². The average Bonchev–Trinajstić information content (AvgIpc) is 3.13. The lowest BCUT2D eigenvalue weighted by molar-refractivity contribution is -0.144. The van der Waals surface area contributed by atoms with Crippen LogP contribution in [0.3, 0.4) is 0 Å². The van der Waals surface area contributed by atoms with E-state index in [1.54, 1.807) is 6.92 Å². The van der Waals surface area contributed by atoms with Crippen LogP contribution in [0.4, 0.5) is 0 Å². The Hall–Kier alpha value is -4.30. The Morgan fingerprint density at radius 2 is 1.16 bits per heavy atom. The summed E-state index contributed by atoms with van der Waals surface area (Å²) in [5.41, 5.74) is 2.72. The van der Waals surface area contributed by atoms with Crippen LogP contribution in [0.2, 0.25) is 0 Å². The van der Waals surface area contributed by atoms with Crippen molar-refractivity contribution in [3.8, 4) is 0 Å². The molecule has 0 bridgehead atoms. The number of ether oxygens (including phenoxy) is 3. The topological polar surface area (TPSA) is 126 Å². The number of aromatic nitrogens is 2. The minimum absolute atomic E-state index is 0.0780. The lowest BCUT2D eigenvalue weighted by Gasteiger charge is -2.37. The summed E-state index contributed by atoms with van der Waals surface area (Å²) in [7, 11) is -4.05. The first-order valence-corrected chi connectivity index (χ1v) is 19.3. The van der Waals surface area contributed by atoms with Crippen molar-refractivity contribution in [2.24, 2.45) is 0 Å². The second kappa shape index (κ2) is 18.8. The van der Waals surface area contributed by atoms with Crippen molar-refractivity contribution in [2.45, 2.75) is 56.2 Å². The summed E-state index contributed by atoms with van der Waals surface area (Å²) in [5, 5.41) is -0.836. The first-order valence-electron chi connectivity index (χ1n) is 16.4. The minimum Gasteiger partial charge on any atom is -0.374 e. The van der Waals surface area contributed by atoms with E-state index in [2.05, 4.69) is 4.98 Å². The third-order valence-corrected chi connectivity index (χ3v) is 9.85. The molecule has 0 saturated heterocycles. The zero-order valence-corrected chi connectivity index (χ0v) is 30.1. The number of nitrogens with zero attached hydrogens (tertiary/aromatic N) is 1. The third-order valence-electron chi connectivity index (χ3n) is 7.92. The van der Waals surface area contributed by atoms with E-state index in [-0.39, 0.29) is 26.4 Å². The molecule has 5 aromatic rings. The van der Waals surface area contributed by atoms with E-state index in [1.165, 1.54) is 22.5 Å². The van der Waals surface area contributed by atoms with Crippen molar-refractivity contribution in [2.75, 3.05) is 12.9 Å². The molecule has 0 fully saturated rings. The first kappa shape index (κ1) is 37.9. The highest BCUT2D eigenvalue weighted by atomic mass is 32.2. The maximum Gasteiger partial charge on any atom is 0.329 e. The molecule has 51 heavy (non-hydrogen) atoms. The number of benzene rings is 4. The van der Waals surface area contributed by atoms with Gasteiger partial charge in [0.2, 0.25) is 0 Å². The van der Waals surface area contributed by atoms with Crippen molar-refractivity contribution in [1.29, 1.82) is 0 Å². The SMILES string of the molecule is Cc1cn([C@H](SCc2ccccc2)[C@H](OCc2ccccc2)[C@@H](OCc2ccccc2)[C@@H](COCc2ccccc2)OS(C)(=O)=O)c(=O)[nH]c1=O. The van der Waals surface area contributed by atoms with E-state index in [0.29, 0.717) is 11.3 Å². The smallest absolute Gasteiger partial charge is 0.329 e. The molecule has 1 heterocycles. The standard InChI is InChI=1S/C39H42N2O8S2/c1-29-23-41(39(43)40-37(29)42)38(50-28-33-21-13-6-14-22-33)36(48-26-32-19-11-5-12-20-32)35(47-25-31-17-9-4-10-18-31)34(49-51(2,44)45)27-46-24-30-15-7-3-8-16-30/h3-23,34-36,38H,24-28H2,1-2H3,(H,40,42,43)/t34-,35+,36-,38-/m1/s1. The van der Waals surface area contributed by atoms with Gasteiger partial charge in [-0.1, -0.05) is 121 Å². The molecule has 0 spiro atoms. The summed E-state index contributed by atoms with van der Waals surface area (Å²) >= 11 is 1.40. The van der Waals surface area contributed by atoms with E-state index in [9.17, 15) is 18.0 Å². The highest BCUT2D eigenvalue weighted by Crippen LogP contribution is 2.36. The molecule has 0 aliphatic rings. The summed E-state index contributed by atoms with van der Waals surface area (Å²) in [4.78, 5) is 28.6. The molecular formula is C39H42N2O8S2. The van der Waals surface area contributed by atoms with Gasteiger partial charge in [0, 0.05) is 17.5 Å². The van der Waals surface area contributed by atoms with Gasteiger partial charge in [0.05, 0.1) is 32.7 Å². The van der Waals surface area contributed by atoms with Crippen molar-refractivity contribution >= 4 is 21.9 Å². The summed E-state index contributed by atoms with van der Waals surface area (Å²) in [6.45, 7) is 1.81. The quantitative estimate of drug-likeness (QED) is 0.102. The zero-order chi connectivity index (χ0) is 36.1. The zero-order valence-electron chi connectivity index (χ0n) is 28.5. The maximum absolute atomic E-state index is 13.6. The van der Waals surface area contributed by atoms with E-state index in [1.807, 2.05) is 121 Å². The fraction of sp³-hybridized carbons (Fsp3) is 0.282. The molecule has 1 N–H and O–H groups in total. The van der Waals surface area contributed by atoms with Crippen LogP contribution in [0.5, 0.6) is 0 Å². The fourth-order valence-corrected chi connectivity index (χ4v) is 7.33. The van der Waals surface area contributed by atoms with Crippen LogP contribution < -0.4 is 11.2 Å². The lowest BCUT2D eigenvalue weighted by Crippen LogP contribution is -2.50. The Labute approximate surface area is 302 Å². The fourth-order valence-electron chi connectivity index (χ4n) is 5.42. The van der Waals surface area contributed by atoms with Gasteiger partial charge in [-0.25, -0.2) is 4.79 Å². The van der Waals surface area contributed by atoms with Gasteiger partial charge in [0.25, 0.3) is 15.7 Å². The van der Waals surface area contributed by atoms with Crippen LogP contribution in [0, 0.1) is 6.92 Å². The molecule has 12 heteroatoms. The third kappa shape index (κ3) is 11.9. The Balaban J connectivity index is 1.61. The first-order chi connectivity index (χ1) is 24.7. The molecule has 4 aromatic carbocycles. The molecule has 0 saturated carbocycles. The molecule has 10 nitrogen and oxygen atoms in total. The number of rotatable bonds is 19. The number of aromatic amines is 1. The van der Waals surface area contributed by atoms with Crippen LogP contribution >= 0.6 is 11.8 Å². The van der Waals surface area contributed by atoms with Gasteiger partial charge in [-0.2, -0.15) is 8.42 Å². The van der Waals surface area contributed by atoms with Crippen molar-refractivity contribution in [3.05, 3.63) is 176 Å². The van der Waals surface area contributed by atoms with Crippen LogP contribution in [0.15, 0.2) is 137 Å². The highest BCUT2D eigenvalue weighted by molar-refractivity contribution is 7.98. The van der Waals surface area contributed by atoms with Gasteiger partial charge >= 0.3 is 5.69 Å². The van der Waals surface area contributed by atoms with E-state index in [0.717, 1.165) is 28.5 Å². The van der Waals surface area contributed by atoms with Crippen LogP contribution in [-0.2, 0) is 54.1 Å². The van der Waals surface area contributed by atoms with Gasteiger partial charge in [-0.05, 0) is 29.2 Å². The molecule has 4 atom stereocenters. The Morgan fingerprint density at radius 1 is 0.686 bits per heavy atom. The largest absolute Gasteiger partial charge is 0.374 e. The summed E-state index contributed by atoms with van der Waals surface area (Å²) < 4.78 is 52.4. The second-order valence-electron chi connectivity index (χ2n) is 12.0. The number of thioether (sulfide) groups is 1. The molecule has 0 aliphatic heterocycles. The van der Waals surface area contributed by atoms with Crippen molar-refractivity contribution < 1.29 is 26.8 Å². The predicted octanol–water partition coefficient (Wildman–Crippen LogP) is 6.01. The second-order valence-corrected chi connectivity index (χ2v) is 14.7. The Kier molecular flexibility index (Phi) is 14.0. The van der Waals surface area contributed by atoms with Crippen LogP contribution in [-0.4, -0.2) is 49.1 Å². The Morgan fingerprint density at radius 3 is 1.67 bits per heavy atom. The molecule has 1 aromatic heterocycles. The van der Waals surface area contributed by atoms with Gasteiger partial charge < -0.3 is 14.2 Å². The van der Waals surface area contributed by atoms with Crippen LogP contribution in [0.25, 0.3) is 0 Å². The van der Waals surface area contributed by atoms with E-state index < -0.39 is 45.1 Å². The van der Waals surface area contributed by atoms with E-state index >= 15 is 0 Å². The van der Waals surface area contributed by atoms with Crippen LogP contribution in [0.1, 0.15) is 33.2 Å². The summed E-state index contributed by atoms with van der Waals surface area (Å²) in [5.74, 6) is 0.453. The lowest BCUT2D eigenvalue weighted by atomic mass is 10.1. The predicted molar refractivity (Wildman–Crippen MR) is 199 cm³/mol. The maximum atomic E-state index is 13.6. The number of H-pyrrole nitrogens is 1. The summed E-state index contributed by atoms with van der Waals surface area (Å²) in [6, 6.07) is 38.1. The normalized spacial score (nSPS) is 14.1. The summed E-state index contributed by atoms with van der Waals surface area (Å²) in [6.07, 6.45) is -0.852. The number of hydrogen-bond acceptors (Lipinski definition) is 9. The van der Waals surface area contributed by atoms with Crippen molar-refractivity contribution in [1.82, 2.24) is 9.55 Å². The molecule has 0 aliphatic carbocycles. The minimum atomic E-state index is -4.05. The average molecular weight is 731 g/mol. The molecular weight excluding hydrogens is 689 g/mol. The monoisotopic (exact) mass is 730 g/mol. The highest BCUT2D eigenvalue weighted by Gasteiger charge is 2.41. The Bertz CT molecular complexity index is 2010. The molecule has 268 valence electrons. The van der Waals surface area contributed by atoms with Gasteiger partial charge in [0.15, 0.2) is 0 Å². The molecule has 0 unspecified atom stereocenters. The number of hydrogen-bond donors (Lipinski definition) is 1. The van der Waals surface area contributed by atoms with E-state index in [4.69, 9.17) is 18.4 Å². The number of aryl methyl sites for hydroxylation is 1. The van der Waals surface area contributed by atoms with Crippen molar-refractivity contribution in [3.63, 3.8) is 0 Å².